The molecule has 2 aromatic rings. The van der Waals surface area contributed by atoms with Gasteiger partial charge in [0.2, 0.25) is 0 Å². The van der Waals surface area contributed by atoms with Gasteiger partial charge < -0.3 is 9.84 Å². The minimum Gasteiger partial charge on any atom is -0.485 e. The molecule has 0 aliphatic rings. The third-order valence-electron chi connectivity index (χ3n) is 2.59. The molecule has 6 heteroatoms. The number of benzene rings is 1. The number of ether oxygens (including phenoxy) is 1. The largest absolute Gasteiger partial charge is 0.485 e. The zero-order chi connectivity index (χ0) is 13.1. The molecular weight excluding hydrogens is 237 g/mol. The van der Waals surface area contributed by atoms with Crippen LogP contribution in [0.3, 0.4) is 0 Å². The number of aliphatic hydroxyl groups excluding tert-OH is 1. The summed E-state index contributed by atoms with van der Waals surface area (Å²) in [6.07, 6.45) is 0.694. The molecule has 1 atom stereocenters. The minimum atomic E-state index is -0.722. The van der Waals surface area contributed by atoms with Crippen molar-refractivity contribution in [2.24, 2.45) is 7.05 Å². The molecule has 0 saturated carbocycles. The van der Waals surface area contributed by atoms with Crippen LogP contribution in [0, 0.1) is 5.82 Å². The molecule has 0 radical (unpaired) electrons. The lowest BCUT2D eigenvalue weighted by Crippen LogP contribution is -2.06. The van der Waals surface area contributed by atoms with E-state index in [0.29, 0.717) is 17.1 Å². The first-order valence-electron chi connectivity index (χ1n) is 5.51. The van der Waals surface area contributed by atoms with Crippen LogP contribution in [-0.4, -0.2) is 19.9 Å². The van der Waals surface area contributed by atoms with Crippen LogP contribution in [0.25, 0.3) is 0 Å². The van der Waals surface area contributed by atoms with E-state index in [2.05, 4.69) is 10.1 Å². The number of aromatic nitrogens is 3. The van der Waals surface area contributed by atoms with Gasteiger partial charge in [0.25, 0.3) is 0 Å². The number of hydrogen-bond acceptors (Lipinski definition) is 4. The highest BCUT2D eigenvalue weighted by Crippen LogP contribution is 2.26. The molecule has 1 aromatic heterocycles. The Morgan fingerprint density at radius 1 is 1.50 bits per heavy atom. The smallest absolute Gasteiger partial charge is 0.164 e. The molecular formula is C12H14FN3O2. The van der Waals surface area contributed by atoms with Gasteiger partial charge in [-0.2, -0.15) is 5.10 Å². The summed E-state index contributed by atoms with van der Waals surface area (Å²) in [6, 6.07) is 4.04. The van der Waals surface area contributed by atoms with Crippen molar-refractivity contribution in [1.82, 2.24) is 14.8 Å². The Balaban J connectivity index is 2.18. The first-order valence-corrected chi connectivity index (χ1v) is 5.51. The van der Waals surface area contributed by atoms with Crippen molar-refractivity contribution in [2.75, 3.05) is 0 Å². The number of hydrogen-bond donors (Lipinski definition) is 1. The summed E-state index contributed by atoms with van der Waals surface area (Å²) < 4.78 is 20.2. The van der Waals surface area contributed by atoms with Gasteiger partial charge in [-0.1, -0.05) is 0 Å². The molecule has 0 amide bonds. The normalized spacial score (nSPS) is 12.4. The van der Waals surface area contributed by atoms with E-state index < -0.39 is 11.9 Å². The molecule has 0 spiro atoms. The van der Waals surface area contributed by atoms with Crippen molar-refractivity contribution in [1.29, 1.82) is 0 Å². The van der Waals surface area contributed by atoms with E-state index in [0.717, 1.165) is 0 Å². The van der Waals surface area contributed by atoms with Gasteiger partial charge in [0.15, 0.2) is 5.82 Å². The van der Waals surface area contributed by atoms with E-state index in [1.807, 2.05) is 0 Å². The molecule has 0 fully saturated rings. The van der Waals surface area contributed by atoms with E-state index >= 15 is 0 Å². The summed E-state index contributed by atoms with van der Waals surface area (Å²) >= 11 is 0. The second kappa shape index (κ2) is 5.14. The molecule has 0 aliphatic heterocycles. The number of nitrogens with zero attached hydrogens (tertiary/aromatic N) is 3. The van der Waals surface area contributed by atoms with Crippen LogP contribution in [0.5, 0.6) is 5.75 Å². The lowest BCUT2D eigenvalue weighted by molar-refractivity contribution is 0.189. The SMILES string of the molecule is CC(O)c1ccc(F)cc1OCc1ncnn1C. The van der Waals surface area contributed by atoms with Crippen LogP contribution < -0.4 is 4.74 Å². The first kappa shape index (κ1) is 12.5. The molecule has 2 rings (SSSR count). The molecule has 1 N–H and O–H groups in total. The highest BCUT2D eigenvalue weighted by atomic mass is 19.1. The maximum Gasteiger partial charge on any atom is 0.164 e. The second-order valence-corrected chi connectivity index (χ2v) is 3.95. The van der Waals surface area contributed by atoms with Crippen LogP contribution in [0.4, 0.5) is 4.39 Å². The Kier molecular flexibility index (Phi) is 3.57. The quantitative estimate of drug-likeness (QED) is 0.896. The molecule has 5 nitrogen and oxygen atoms in total. The minimum absolute atomic E-state index is 0.166. The molecule has 1 aromatic carbocycles. The number of rotatable bonds is 4. The third kappa shape index (κ3) is 2.65. The second-order valence-electron chi connectivity index (χ2n) is 3.95. The summed E-state index contributed by atoms with van der Waals surface area (Å²) in [7, 11) is 1.74. The summed E-state index contributed by atoms with van der Waals surface area (Å²) in [6.45, 7) is 1.77. The first-order chi connectivity index (χ1) is 8.58. The monoisotopic (exact) mass is 251 g/mol. The van der Waals surface area contributed by atoms with Crippen molar-refractivity contribution < 1.29 is 14.2 Å². The highest BCUT2D eigenvalue weighted by Gasteiger charge is 2.11. The van der Waals surface area contributed by atoms with Crippen LogP contribution >= 0.6 is 0 Å². The lowest BCUT2D eigenvalue weighted by atomic mass is 10.1. The predicted molar refractivity (Wildman–Crippen MR) is 62.4 cm³/mol. The van der Waals surface area contributed by atoms with Crippen LogP contribution in [-0.2, 0) is 13.7 Å². The fraction of sp³-hybridized carbons (Fsp3) is 0.333. The van der Waals surface area contributed by atoms with E-state index in [1.165, 1.54) is 24.5 Å². The molecule has 1 unspecified atom stereocenters. The Labute approximate surface area is 104 Å². The molecule has 18 heavy (non-hydrogen) atoms. The van der Waals surface area contributed by atoms with E-state index in [1.54, 1.807) is 18.7 Å². The molecule has 0 aliphatic carbocycles. The number of aliphatic hydroxyl groups is 1. The van der Waals surface area contributed by atoms with E-state index in [-0.39, 0.29) is 6.61 Å². The van der Waals surface area contributed by atoms with E-state index in [4.69, 9.17) is 4.74 Å². The molecule has 0 saturated heterocycles. The van der Waals surface area contributed by atoms with Crippen LogP contribution in [0.2, 0.25) is 0 Å². The Morgan fingerprint density at radius 2 is 2.28 bits per heavy atom. The van der Waals surface area contributed by atoms with Crippen LogP contribution in [0.15, 0.2) is 24.5 Å². The average Bonchev–Trinajstić information content (AvgIpc) is 2.72. The number of aryl methyl sites for hydroxylation is 1. The summed E-state index contributed by atoms with van der Waals surface area (Å²) in [5, 5.41) is 13.5. The van der Waals surface area contributed by atoms with Gasteiger partial charge >= 0.3 is 0 Å². The van der Waals surface area contributed by atoms with Crippen molar-refractivity contribution >= 4 is 0 Å². The van der Waals surface area contributed by atoms with Crippen molar-refractivity contribution in [3.05, 3.63) is 41.7 Å². The van der Waals surface area contributed by atoms with Gasteiger partial charge in [0, 0.05) is 18.7 Å². The number of halogens is 1. The molecule has 0 bridgehead atoms. The highest BCUT2D eigenvalue weighted by molar-refractivity contribution is 5.35. The Morgan fingerprint density at radius 3 is 2.89 bits per heavy atom. The fourth-order valence-corrected chi connectivity index (χ4v) is 1.57. The summed E-state index contributed by atoms with van der Waals surface area (Å²) in [4.78, 5) is 4.00. The maximum absolute atomic E-state index is 13.2. The standard InChI is InChI=1S/C12H14FN3O2/c1-8(17)10-4-3-9(13)5-11(10)18-6-12-14-7-15-16(12)2/h3-5,7-8,17H,6H2,1-2H3. The van der Waals surface area contributed by atoms with Gasteiger partial charge in [0.1, 0.15) is 24.5 Å². The Hall–Kier alpha value is -1.95. The summed E-state index contributed by atoms with van der Waals surface area (Å²) in [5.41, 5.74) is 0.540. The van der Waals surface area contributed by atoms with Gasteiger partial charge in [0.05, 0.1) is 6.10 Å². The van der Waals surface area contributed by atoms with Gasteiger partial charge in [-0.05, 0) is 19.1 Å². The van der Waals surface area contributed by atoms with Crippen molar-refractivity contribution in [3.8, 4) is 5.75 Å². The average molecular weight is 251 g/mol. The summed E-state index contributed by atoms with van der Waals surface area (Å²) in [5.74, 6) is 0.524. The fourth-order valence-electron chi connectivity index (χ4n) is 1.57. The van der Waals surface area contributed by atoms with Crippen LogP contribution in [0.1, 0.15) is 24.4 Å². The predicted octanol–water partition coefficient (Wildman–Crippen LogP) is 1.59. The van der Waals surface area contributed by atoms with Crippen molar-refractivity contribution in [3.63, 3.8) is 0 Å². The molecule has 96 valence electrons. The maximum atomic E-state index is 13.2. The zero-order valence-corrected chi connectivity index (χ0v) is 10.2. The Bertz CT molecular complexity index is 540. The molecule has 1 heterocycles. The zero-order valence-electron chi connectivity index (χ0n) is 10.2. The van der Waals surface area contributed by atoms with Gasteiger partial charge in [-0.3, -0.25) is 4.68 Å². The van der Waals surface area contributed by atoms with Gasteiger partial charge in [-0.25, -0.2) is 9.37 Å². The van der Waals surface area contributed by atoms with Gasteiger partial charge in [-0.15, -0.1) is 0 Å². The third-order valence-corrected chi connectivity index (χ3v) is 2.59. The van der Waals surface area contributed by atoms with E-state index in [9.17, 15) is 9.50 Å². The topological polar surface area (TPSA) is 60.2 Å². The lowest BCUT2D eigenvalue weighted by Gasteiger charge is -2.13. The van der Waals surface area contributed by atoms with Crippen molar-refractivity contribution in [2.45, 2.75) is 19.6 Å².